The summed E-state index contributed by atoms with van der Waals surface area (Å²) in [5.41, 5.74) is 0.742. The van der Waals surface area contributed by atoms with Crippen molar-refractivity contribution in [2.24, 2.45) is 0 Å². The monoisotopic (exact) mass is 572 g/mol. The second-order valence-corrected chi connectivity index (χ2v) is 10.4. The van der Waals surface area contributed by atoms with Gasteiger partial charge in [-0.1, -0.05) is 41.4 Å². The normalized spacial score (nSPS) is 16.3. The number of benzene rings is 3. The number of amides is 4. The number of rotatable bonds is 8. The summed E-state index contributed by atoms with van der Waals surface area (Å²) in [4.78, 5) is 30.1. The SMILES string of the molecule is COc1ccc(CCN2C(=O)N(c3cccc(Cl)c3)C(N(O)C(=O)Nc3cccc(Cl)c3)C2(C)C)cc1OC. The van der Waals surface area contributed by atoms with E-state index < -0.39 is 17.7 Å². The summed E-state index contributed by atoms with van der Waals surface area (Å²) >= 11 is 12.3. The first-order chi connectivity index (χ1) is 18.6. The van der Waals surface area contributed by atoms with Crippen LogP contribution in [0.1, 0.15) is 19.4 Å². The zero-order valence-corrected chi connectivity index (χ0v) is 23.5. The molecule has 0 radical (unpaired) electrons. The maximum atomic E-state index is 13.9. The lowest BCUT2D eigenvalue weighted by Crippen LogP contribution is -2.58. The van der Waals surface area contributed by atoms with Crippen molar-refractivity contribution in [2.45, 2.75) is 32.0 Å². The number of hydrogen-bond acceptors (Lipinski definition) is 5. The standard InChI is InChI=1S/C28H30Cl2N4O5/c1-28(2)25(34(37)26(35)31-21-9-5-7-19(29)16-21)33(22-10-6-8-20(30)17-22)27(36)32(28)14-13-18-11-12-23(38-3)24(15-18)39-4/h5-12,15-17,25,37H,13-14H2,1-4H3,(H,31,35). The molecule has 2 N–H and O–H groups in total. The molecule has 0 bridgehead atoms. The summed E-state index contributed by atoms with van der Waals surface area (Å²) in [7, 11) is 3.13. The highest BCUT2D eigenvalue weighted by atomic mass is 35.5. The van der Waals surface area contributed by atoms with Crippen LogP contribution in [0.5, 0.6) is 11.5 Å². The Morgan fingerprint density at radius 2 is 1.67 bits per heavy atom. The van der Waals surface area contributed by atoms with E-state index in [2.05, 4.69) is 5.32 Å². The average molecular weight is 573 g/mol. The molecular weight excluding hydrogens is 543 g/mol. The van der Waals surface area contributed by atoms with E-state index in [-0.39, 0.29) is 6.03 Å². The van der Waals surface area contributed by atoms with Gasteiger partial charge in [0.15, 0.2) is 17.7 Å². The number of carbonyl (C=O) groups excluding carboxylic acids is 2. The molecule has 206 valence electrons. The molecule has 1 saturated heterocycles. The zero-order valence-electron chi connectivity index (χ0n) is 22.0. The van der Waals surface area contributed by atoms with Crippen LogP contribution in [0, 0.1) is 0 Å². The largest absolute Gasteiger partial charge is 0.493 e. The smallest absolute Gasteiger partial charge is 0.347 e. The molecule has 39 heavy (non-hydrogen) atoms. The highest BCUT2D eigenvalue weighted by molar-refractivity contribution is 6.31. The second-order valence-electron chi connectivity index (χ2n) is 9.54. The van der Waals surface area contributed by atoms with Gasteiger partial charge in [0.25, 0.3) is 0 Å². The Balaban J connectivity index is 1.65. The van der Waals surface area contributed by atoms with Crippen molar-refractivity contribution in [3.63, 3.8) is 0 Å². The van der Waals surface area contributed by atoms with Gasteiger partial charge in [-0.25, -0.2) is 9.59 Å². The summed E-state index contributed by atoms with van der Waals surface area (Å²) in [6, 6.07) is 17.6. The third-order valence-corrected chi connectivity index (χ3v) is 7.15. The fourth-order valence-corrected chi connectivity index (χ4v) is 5.12. The average Bonchev–Trinajstić information content (AvgIpc) is 3.10. The molecule has 1 atom stereocenters. The van der Waals surface area contributed by atoms with E-state index in [0.29, 0.717) is 50.9 Å². The molecule has 1 fully saturated rings. The van der Waals surface area contributed by atoms with Crippen LogP contribution < -0.4 is 19.7 Å². The van der Waals surface area contributed by atoms with Crippen molar-refractivity contribution in [1.82, 2.24) is 9.96 Å². The molecule has 1 heterocycles. The topological polar surface area (TPSA) is 94.6 Å². The Morgan fingerprint density at radius 1 is 1.00 bits per heavy atom. The van der Waals surface area contributed by atoms with Gasteiger partial charge in [-0.2, -0.15) is 5.06 Å². The van der Waals surface area contributed by atoms with Crippen LogP contribution in [0.15, 0.2) is 66.7 Å². The Bertz CT molecular complexity index is 1370. The van der Waals surface area contributed by atoms with Crippen molar-refractivity contribution < 1.29 is 24.3 Å². The van der Waals surface area contributed by atoms with Crippen molar-refractivity contribution in [3.05, 3.63) is 82.3 Å². The number of ether oxygens (including phenoxy) is 2. The molecule has 4 rings (SSSR count). The van der Waals surface area contributed by atoms with Crippen LogP contribution in [0.25, 0.3) is 0 Å². The molecule has 0 spiro atoms. The minimum absolute atomic E-state index is 0.304. The van der Waals surface area contributed by atoms with Crippen LogP contribution in [-0.2, 0) is 6.42 Å². The fourth-order valence-electron chi connectivity index (χ4n) is 4.74. The number of nitrogens with one attached hydrogen (secondary N) is 1. The van der Waals surface area contributed by atoms with Gasteiger partial charge < -0.3 is 19.7 Å². The first kappa shape index (κ1) is 28.4. The third-order valence-electron chi connectivity index (χ3n) is 6.68. The first-order valence-corrected chi connectivity index (χ1v) is 12.9. The van der Waals surface area contributed by atoms with Gasteiger partial charge in [0, 0.05) is 28.0 Å². The zero-order chi connectivity index (χ0) is 28.3. The summed E-state index contributed by atoms with van der Waals surface area (Å²) < 4.78 is 10.7. The maximum absolute atomic E-state index is 13.9. The first-order valence-electron chi connectivity index (χ1n) is 12.2. The lowest BCUT2D eigenvalue weighted by Gasteiger charge is -2.38. The number of carbonyl (C=O) groups is 2. The number of urea groups is 2. The van der Waals surface area contributed by atoms with E-state index in [1.165, 1.54) is 4.90 Å². The van der Waals surface area contributed by atoms with Crippen LogP contribution in [0.4, 0.5) is 21.0 Å². The maximum Gasteiger partial charge on any atom is 0.347 e. The van der Waals surface area contributed by atoms with Gasteiger partial charge in [-0.05, 0) is 74.4 Å². The number of nitrogens with zero attached hydrogens (tertiary/aromatic N) is 3. The fraction of sp³-hybridized carbons (Fsp3) is 0.286. The van der Waals surface area contributed by atoms with Gasteiger partial charge in [-0.3, -0.25) is 10.1 Å². The lowest BCUT2D eigenvalue weighted by atomic mass is 9.99. The number of hydroxylamine groups is 2. The molecule has 0 aliphatic carbocycles. The van der Waals surface area contributed by atoms with E-state index in [4.69, 9.17) is 32.7 Å². The molecule has 3 aromatic rings. The van der Waals surface area contributed by atoms with Crippen LogP contribution in [-0.4, -0.2) is 59.7 Å². The van der Waals surface area contributed by atoms with Crippen LogP contribution >= 0.6 is 23.2 Å². The molecular formula is C28H30Cl2N4O5. The van der Waals surface area contributed by atoms with Crippen molar-refractivity contribution >= 4 is 46.6 Å². The van der Waals surface area contributed by atoms with E-state index in [9.17, 15) is 14.8 Å². The quantitative estimate of drug-likeness (QED) is 0.236. The number of halogens is 2. The number of hydrogen-bond donors (Lipinski definition) is 2. The van der Waals surface area contributed by atoms with Gasteiger partial charge in [0.1, 0.15) is 0 Å². The summed E-state index contributed by atoms with van der Waals surface area (Å²) in [6.07, 6.45) is -0.598. The molecule has 11 heteroatoms. The van der Waals surface area contributed by atoms with Gasteiger partial charge in [0.2, 0.25) is 0 Å². The Morgan fingerprint density at radius 3 is 2.31 bits per heavy atom. The summed E-state index contributed by atoms with van der Waals surface area (Å²) in [5, 5.41) is 15.2. The van der Waals surface area contributed by atoms with Gasteiger partial charge in [0.05, 0.1) is 19.8 Å². The lowest BCUT2D eigenvalue weighted by molar-refractivity contribution is -0.0947. The van der Waals surface area contributed by atoms with Crippen molar-refractivity contribution in [2.75, 3.05) is 31.0 Å². The molecule has 3 aromatic carbocycles. The Labute approximate surface area is 237 Å². The molecule has 0 saturated carbocycles. The predicted octanol–water partition coefficient (Wildman–Crippen LogP) is 6.52. The Kier molecular flexibility index (Phi) is 8.44. The Hall–Kier alpha value is -3.66. The van der Waals surface area contributed by atoms with Crippen molar-refractivity contribution in [1.29, 1.82) is 0 Å². The predicted molar refractivity (Wildman–Crippen MR) is 151 cm³/mol. The second kappa shape index (κ2) is 11.6. The highest BCUT2D eigenvalue weighted by Crippen LogP contribution is 2.39. The molecule has 9 nitrogen and oxygen atoms in total. The molecule has 1 aliphatic heterocycles. The van der Waals surface area contributed by atoms with E-state index in [0.717, 1.165) is 5.56 Å². The molecule has 0 aromatic heterocycles. The van der Waals surface area contributed by atoms with E-state index >= 15 is 0 Å². The summed E-state index contributed by atoms with van der Waals surface area (Å²) in [6.45, 7) is 3.90. The van der Waals surface area contributed by atoms with E-state index in [1.54, 1.807) is 81.5 Å². The number of methoxy groups -OCH3 is 2. The summed E-state index contributed by atoms with van der Waals surface area (Å²) in [5.74, 6) is 1.19. The highest BCUT2D eigenvalue weighted by Gasteiger charge is 2.55. The van der Waals surface area contributed by atoms with Gasteiger partial charge in [-0.15, -0.1) is 0 Å². The number of anilines is 2. The third kappa shape index (κ3) is 5.85. The molecule has 1 unspecified atom stereocenters. The van der Waals surface area contributed by atoms with Crippen molar-refractivity contribution in [3.8, 4) is 11.5 Å². The van der Waals surface area contributed by atoms with Crippen LogP contribution in [0.3, 0.4) is 0 Å². The molecule has 4 amide bonds. The van der Waals surface area contributed by atoms with Gasteiger partial charge >= 0.3 is 12.1 Å². The molecule has 1 aliphatic rings. The van der Waals surface area contributed by atoms with Crippen LogP contribution in [0.2, 0.25) is 10.0 Å². The minimum atomic E-state index is -1.09. The minimum Gasteiger partial charge on any atom is -0.493 e. The van der Waals surface area contributed by atoms with E-state index in [1.807, 2.05) is 18.2 Å².